The average molecular weight is 444 g/mol. The molecule has 2 heterocycles. The molecule has 7 nitrogen and oxygen atoms in total. The van der Waals surface area contributed by atoms with Crippen LogP contribution in [0, 0.1) is 12.8 Å². The number of hydrogen-bond acceptors (Lipinski definition) is 4. The summed E-state index contributed by atoms with van der Waals surface area (Å²) in [5, 5.41) is 3.40. The van der Waals surface area contributed by atoms with Gasteiger partial charge in [-0.05, 0) is 43.9 Å². The number of hydrogen-bond donors (Lipinski definition) is 1. The molecule has 1 aliphatic heterocycles. The second-order valence-electron chi connectivity index (χ2n) is 7.41. The molecular weight excluding hydrogens is 421 g/mol. The van der Waals surface area contributed by atoms with Crippen LogP contribution in [0.4, 0.5) is 13.2 Å². The summed E-state index contributed by atoms with van der Waals surface area (Å²) in [7, 11) is -3.65. The van der Waals surface area contributed by atoms with E-state index in [0.717, 1.165) is 28.9 Å². The summed E-state index contributed by atoms with van der Waals surface area (Å²) in [6, 6.07) is 7.33. The molecular formula is C19H23F3N4O3S. The van der Waals surface area contributed by atoms with Crippen molar-refractivity contribution in [1.29, 1.82) is 0 Å². The van der Waals surface area contributed by atoms with Crippen LogP contribution < -0.4 is 4.72 Å². The third-order valence-electron chi connectivity index (χ3n) is 4.99. The first-order chi connectivity index (χ1) is 14.0. The number of piperidine rings is 1. The summed E-state index contributed by atoms with van der Waals surface area (Å²) >= 11 is 0. The third-order valence-corrected chi connectivity index (χ3v) is 6.43. The van der Waals surface area contributed by atoms with Gasteiger partial charge in [0.1, 0.15) is 6.54 Å². The van der Waals surface area contributed by atoms with Crippen LogP contribution in [-0.2, 0) is 27.5 Å². The number of halogens is 3. The molecule has 30 heavy (non-hydrogen) atoms. The molecule has 0 spiro atoms. The summed E-state index contributed by atoms with van der Waals surface area (Å²) in [4.78, 5) is 14.2. The van der Waals surface area contributed by atoms with Crippen LogP contribution in [0.15, 0.2) is 41.4 Å². The molecule has 1 amide bonds. The van der Waals surface area contributed by atoms with Crippen molar-refractivity contribution >= 4 is 15.9 Å². The average Bonchev–Trinajstić information content (AvgIpc) is 3.16. The zero-order valence-electron chi connectivity index (χ0n) is 16.4. The zero-order chi connectivity index (χ0) is 21.9. The van der Waals surface area contributed by atoms with Crippen LogP contribution >= 0.6 is 0 Å². The lowest BCUT2D eigenvalue weighted by atomic mass is 9.98. The predicted molar refractivity (Wildman–Crippen MR) is 103 cm³/mol. The number of nitrogens with one attached hydrogen (secondary N) is 1. The number of benzene rings is 1. The fraction of sp³-hybridized carbons (Fsp3) is 0.474. The Kier molecular flexibility index (Phi) is 6.51. The SMILES string of the molecule is Cc1ccc(S(=O)(=O)NCC2CCCN(C(=O)Cn3ccc(C(F)(F)F)n3)C2)cc1. The molecule has 0 saturated carbocycles. The van der Waals surface area contributed by atoms with E-state index in [-0.39, 0.29) is 29.8 Å². The first-order valence-corrected chi connectivity index (χ1v) is 11.0. The Morgan fingerprint density at radius 3 is 2.57 bits per heavy atom. The van der Waals surface area contributed by atoms with Crippen molar-refractivity contribution in [3.8, 4) is 0 Å². The molecule has 0 aliphatic carbocycles. The Labute approximate surface area is 172 Å². The molecule has 1 aromatic heterocycles. The summed E-state index contributed by atoms with van der Waals surface area (Å²) in [6.45, 7) is 2.57. The van der Waals surface area contributed by atoms with Gasteiger partial charge in [-0.25, -0.2) is 13.1 Å². The van der Waals surface area contributed by atoms with E-state index in [2.05, 4.69) is 9.82 Å². The number of carbonyl (C=O) groups is 1. The van der Waals surface area contributed by atoms with Crippen LogP contribution in [0.2, 0.25) is 0 Å². The van der Waals surface area contributed by atoms with Crippen molar-refractivity contribution < 1.29 is 26.4 Å². The fourth-order valence-electron chi connectivity index (χ4n) is 3.33. The maximum Gasteiger partial charge on any atom is 0.435 e. The Hall–Kier alpha value is -2.40. The molecule has 0 bridgehead atoms. The molecule has 164 valence electrons. The molecule has 1 atom stereocenters. The Morgan fingerprint density at radius 2 is 1.93 bits per heavy atom. The van der Waals surface area contributed by atoms with E-state index < -0.39 is 21.9 Å². The largest absolute Gasteiger partial charge is 0.435 e. The van der Waals surface area contributed by atoms with Gasteiger partial charge in [0.05, 0.1) is 4.90 Å². The van der Waals surface area contributed by atoms with Gasteiger partial charge in [-0.2, -0.15) is 18.3 Å². The van der Waals surface area contributed by atoms with Crippen LogP contribution in [-0.4, -0.2) is 48.6 Å². The molecule has 1 aliphatic rings. The molecule has 3 rings (SSSR count). The highest BCUT2D eigenvalue weighted by atomic mass is 32.2. The minimum Gasteiger partial charge on any atom is -0.341 e. The number of sulfonamides is 1. The fourth-order valence-corrected chi connectivity index (χ4v) is 4.44. The normalized spacial score (nSPS) is 17.9. The highest BCUT2D eigenvalue weighted by Gasteiger charge is 2.34. The smallest absolute Gasteiger partial charge is 0.341 e. The number of nitrogens with zero attached hydrogens (tertiary/aromatic N) is 3. The van der Waals surface area contributed by atoms with Gasteiger partial charge in [0.25, 0.3) is 0 Å². The van der Waals surface area contributed by atoms with Crippen molar-refractivity contribution in [3.63, 3.8) is 0 Å². The van der Waals surface area contributed by atoms with E-state index in [1.807, 2.05) is 6.92 Å². The van der Waals surface area contributed by atoms with E-state index in [1.54, 1.807) is 17.0 Å². The summed E-state index contributed by atoms with van der Waals surface area (Å²) in [6.07, 6.45) is -1.99. The van der Waals surface area contributed by atoms with Gasteiger partial charge in [-0.1, -0.05) is 17.7 Å². The molecule has 1 fully saturated rings. The maximum absolute atomic E-state index is 12.6. The van der Waals surface area contributed by atoms with E-state index in [1.165, 1.54) is 12.1 Å². The van der Waals surface area contributed by atoms with Crippen LogP contribution in [0.5, 0.6) is 0 Å². The van der Waals surface area contributed by atoms with Crippen molar-refractivity contribution in [2.45, 2.75) is 37.4 Å². The van der Waals surface area contributed by atoms with Crippen molar-refractivity contribution in [3.05, 3.63) is 47.8 Å². The minimum absolute atomic E-state index is 0.0775. The molecule has 1 unspecified atom stereocenters. The van der Waals surface area contributed by atoms with E-state index in [4.69, 9.17) is 0 Å². The van der Waals surface area contributed by atoms with Gasteiger partial charge in [0.15, 0.2) is 5.69 Å². The number of amides is 1. The Bertz CT molecular complexity index is 987. The molecule has 1 N–H and O–H groups in total. The van der Waals surface area contributed by atoms with Gasteiger partial charge in [0.2, 0.25) is 15.9 Å². The number of alkyl halides is 3. The van der Waals surface area contributed by atoms with Crippen molar-refractivity contribution in [2.24, 2.45) is 5.92 Å². The minimum atomic E-state index is -4.56. The van der Waals surface area contributed by atoms with Gasteiger partial charge >= 0.3 is 6.18 Å². The van der Waals surface area contributed by atoms with Crippen molar-refractivity contribution in [2.75, 3.05) is 19.6 Å². The first kappa shape index (κ1) is 22.3. The van der Waals surface area contributed by atoms with E-state index in [0.29, 0.717) is 19.5 Å². The lowest BCUT2D eigenvalue weighted by molar-refractivity contribution is -0.142. The van der Waals surface area contributed by atoms with Crippen molar-refractivity contribution in [1.82, 2.24) is 19.4 Å². The van der Waals surface area contributed by atoms with Gasteiger partial charge in [-0.15, -0.1) is 0 Å². The summed E-state index contributed by atoms with van der Waals surface area (Å²) in [5.41, 5.74) is -0.0905. The highest BCUT2D eigenvalue weighted by Crippen LogP contribution is 2.27. The molecule has 1 aromatic carbocycles. The van der Waals surface area contributed by atoms with Gasteiger partial charge in [0, 0.05) is 25.8 Å². The quantitative estimate of drug-likeness (QED) is 0.742. The lowest BCUT2D eigenvalue weighted by Gasteiger charge is -2.32. The zero-order valence-corrected chi connectivity index (χ0v) is 17.2. The predicted octanol–water partition coefficient (Wildman–Crippen LogP) is 2.43. The lowest BCUT2D eigenvalue weighted by Crippen LogP contribution is -2.44. The molecule has 0 radical (unpaired) electrons. The van der Waals surface area contributed by atoms with Gasteiger partial charge in [-0.3, -0.25) is 9.48 Å². The molecule has 2 aromatic rings. The van der Waals surface area contributed by atoms with Crippen LogP contribution in [0.1, 0.15) is 24.1 Å². The van der Waals surface area contributed by atoms with E-state index >= 15 is 0 Å². The number of rotatable bonds is 6. The number of aryl methyl sites for hydroxylation is 1. The number of aromatic nitrogens is 2. The second kappa shape index (κ2) is 8.76. The Balaban J connectivity index is 1.55. The standard InChI is InChI=1S/C19H23F3N4O3S/c1-14-4-6-16(7-5-14)30(28,29)23-11-15-3-2-9-25(12-15)18(27)13-26-10-8-17(24-26)19(20,21)22/h4-8,10,15,23H,2-3,9,11-13H2,1H3. The highest BCUT2D eigenvalue weighted by molar-refractivity contribution is 7.89. The monoisotopic (exact) mass is 444 g/mol. The number of carbonyl (C=O) groups excluding carboxylic acids is 1. The second-order valence-corrected chi connectivity index (χ2v) is 9.18. The molecule has 11 heteroatoms. The van der Waals surface area contributed by atoms with Crippen LogP contribution in [0.3, 0.4) is 0 Å². The first-order valence-electron chi connectivity index (χ1n) is 9.49. The maximum atomic E-state index is 12.6. The third kappa shape index (κ3) is 5.60. The Morgan fingerprint density at radius 1 is 1.23 bits per heavy atom. The van der Waals surface area contributed by atoms with Crippen LogP contribution in [0.25, 0.3) is 0 Å². The van der Waals surface area contributed by atoms with Gasteiger partial charge < -0.3 is 4.90 Å². The molecule has 1 saturated heterocycles. The summed E-state index contributed by atoms with van der Waals surface area (Å²) < 4.78 is 66.3. The van der Waals surface area contributed by atoms with E-state index in [9.17, 15) is 26.4 Å². The summed E-state index contributed by atoms with van der Waals surface area (Å²) in [5.74, 6) is -0.427. The number of likely N-dealkylation sites (tertiary alicyclic amines) is 1. The topological polar surface area (TPSA) is 84.3 Å².